The maximum absolute atomic E-state index is 13.0. The molecule has 0 saturated carbocycles. The molecule has 7 heteroatoms. The number of hydrogen-bond donors (Lipinski definition) is 0. The van der Waals surface area contributed by atoms with Crippen molar-refractivity contribution in [2.75, 3.05) is 19.6 Å². The minimum absolute atomic E-state index is 0.0281. The molecule has 7 nitrogen and oxygen atoms in total. The van der Waals surface area contributed by atoms with Crippen LogP contribution < -0.4 is 0 Å². The van der Waals surface area contributed by atoms with Crippen molar-refractivity contribution in [1.82, 2.24) is 24.6 Å². The number of aromatic nitrogens is 3. The zero-order valence-corrected chi connectivity index (χ0v) is 17.4. The molecule has 2 amide bonds. The number of piperidine rings is 1. The van der Waals surface area contributed by atoms with E-state index in [1.165, 1.54) is 12.1 Å². The van der Waals surface area contributed by atoms with E-state index in [1.54, 1.807) is 12.3 Å². The zero-order valence-electron chi connectivity index (χ0n) is 17.4. The summed E-state index contributed by atoms with van der Waals surface area (Å²) in [7, 11) is 1.96. The average molecular weight is 396 g/mol. The lowest BCUT2D eigenvalue weighted by Crippen LogP contribution is -2.37. The van der Waals surface area contributed by atoms with Gasteiger partial charge < -0.3 is 9.80 Å². The number of likely N-dealkylation sites (tertiary alicyclic amines) is 1. The molecule has 29 heavy (non-hydrogen) atoms. The normalized spacial score (nSPS) is 16.6. The van der Waals surface area contributed by atoms with E-state index in [4.69, 9.17) is 0 Å². The Balaban J connectivity index is 1.46. The highest BCUT2D eigenvalue weighted by Gasteiger charge is 2.28. The number of pyridine rings is 1. The van der Waals surface area contributed by atoms with Crippen molar-refractivity contribution in [3.05, 3.63) is 46.5 Å². The third-order valence-corrected chi connectivity index (χ3v) is 6.04. The van der Waals surface area contributed by atoms with Gasteiger partial charge in [0.15, 0.2) is 0 Å². The van der Waals surface area contributed by atoms with Crippen LogP contribution in [0.1, 0.15) is 58.7 Å². The van der Waals surface area contributed by atoms with E-state index < -0.39 is 0 Å². The Morgan fingerprint density at radius 2 is 1.90 bits per heavy atom. The van der Waals surface area contributed by atoms with Crippen molar-refractivity contribution in [3.8, 4) is 0 Å². The standard InChI is InChI=1S/C22H29N5O2/c1-16-14-17(8-10-23-16)22(29)27-13-9-20-18(15-27)19(24-25(20)2)6-7-21(28)26-11-4-3-5-12-26/h8,10,14H,3-7,9,11-13,15H2,1-2H3. The molecule has 4 rings (SSSR count). The van der Waals surface area contributed by atoms with Gasteiger partial charge in [-0.15, -0.1) is 0 Å². The Labute approximate surface area is 171 Å². The monoisotopic (exact) mass is 395 g/mol. The van der Waals surface area contributed by atoms with Gasteiger partial charge in [0.2, 0.25) is 5.91 Å². The predicted octanol–water partition coefficient (Wildman–Crippen LogP) is 2.27. The molecule has 2 aromatic heterocycles. The fraction of sp³-hybridized carbons (Fsp3) is 0.545. The second kappa shape index (κ2) is 8.35. The number of carbonyl (C=O) groups excluding carboxylic acids is 2. The Morgan fingerprint density at radius 1 is 1.10 bits per heavy atom. The van der Waals surface area contributed by atoms with Crippen molar-refractivity contribution in [2.24, 2.45) is 7.05 Å². The summed E-state index contributed by atoms with van der Waals surface area (Å²) in [4.78, 5) is 33.6. The number of carbonyl (C=O) groups is 2. The van der Waals surface area contributed by atoms with Crippen LogP contribution in [0.25, 0.3) is 0 Å². The zero-order chi connectivity index (χ0) is 20.4. The number of hydrogen-bond acceptors (Lipinski definition) is 4. The van der Waals surface area contributed by atoms with Crippen LogP contribution in [-0.4, -0.2) is 56.0 Å². The summed E-state index contributed by atoms with van der Waals surface area (Å²) in [6.45, 7) is 4.89. The van der Waals surface area contributed by atoms with Gasteiger partial charge in [-0.3, -0.25) is 19.3 Å². The van der Waals surface area contributed by atoms with Gasteiger partial charge in [0.1, 0.15) is 0 Å². The van der Waals surface area contributed by atoms with Gasteiger partial charge in [0.25, 0.3) is 5.91 Å². The van der Waals surface area contributed by atoms with Crippen molar-refractivity contribution >= 4 is 11.8 Å². The molecule has 0 unspecified atom stereocenters. The maximum atomic E-state index is 13.0. The number of rotatable bonds is 4. The van der Waals surface area contributed by atoms with E-state index in [0.717, 1.165) is 49.3 Å². The topological polar surface area (TPSA) is 71.3 Å². The third kappa shape index (κ3) is 4.18. The lowest BCUT2D eigenvalue weighted by Gasteiger charge is -2.28. The van der Waals surface area contributed by atoms with Crippen LogP contribution in [0.3, 0.4) is 0 Å². The first-order chi connectivity index (χ1) is 14.0. The van der Waals surface area contributed by atoms with Crippen LogP contribution in [0.4, 0.5) is 0 Å². The summed E-state index contributed by atoms with van der Waals surface area (Å²) >= 11 is 0. The van der Waals surface area contributed by atoms with Gasteiger partial charge in [-0.2, -0.15) is 5.10 Å². The molecule has 2 aliphatic heterocycles. The molecule has 154 valence electrons. The molecule has 0 aromatic carbocycles. The first-order valence-electron chi connectivity index (χ1n) is 10.6. The SMILES string of the molecule is Cc1cc(C(=O)N2CCc3c(c(CCC(=O)N4CCCCC4)nn3C)C2)ccn1. The maximum Gasteiger partial charge on any atom is 0.254 e. The Kier molecular flexibility index (Phi) is 5.65. The van der Waals surface area contributed by atoms with Gasteiger partial charge in [-0.1, -0.05) is 0 Å². The van der Waals surface area contributed by atoms with E-state index in [-0.39, 0.29) is 11.8 Å². The Bertz CT molecular complexity index is 914. The smallest absolute Gasteiger partial charge is 0.254 e. The fourth-order valence-electron chi connectivity index (χ4n) is 4.43. The van der Waals surface area contributed by atoms with Gasteiger partial charge >= 0.3 is 0 Å². The minimum Gasteiger partial charge on any atom is -0.343 e. The van der Waals surface area contributed by atoms with Crippen LogP contribution in [0.5, 0.6) is 0 Å². The highest BCUT2D eigenvalue weighted by atomic mass is 16.2. The number of nitrogens with zero attached hydrogens (tertiary/aromatic N) is 5. The quantitative estimate of drug-likeness (QED) is 0.796. The Morgan fingerprint density at radius 3 is 2.66 bits per heavy atom. The van der Waals surface area contributed by atoms with Crippen molar-refractivity contribution < 1.29 is 9.59 Å². The van der Waals surface area contributed by atoms with Crippen molar-refractivity contribution in [3.63, 3.8) is 0 Å². The predicted molar refractivity (Wildman–Crippen MR) is 109 cm³/mol. The van der Waals surface area contributed by atoms with E-state index in [2.05, 4.69) is 10.1 Å². The average Bonchev–Trinajstić information content (AvgIpc) is 3.07. The fourth-order valence-corrected chi connectivity index (χ4v) is 4.43. The van der Waals surface area contributed by atoms with E-state index in [0.29, 0.717) is 31.5 Å². The van der Waals surface area contributed by atoms with E-state index in [9.17, 15) is 9.59 Å². The first-order valence-corrected chi connectivity index (χ1v) is 10.6. The lowest BCUT2D eigenvalue weighted by atomic mass is 10.0. The highest BCUT2D eigenvalue weighted by Crippen LogP contribution is 2.25. The van der Waals surface area contributed by atoms with E-state index >= 15 is 0 Å². The summed E-state index contributed by atoms with van der Waals surface area (Å²) in [5, 5.41) is 4.69. The molecule has 0 atom stereocenters. The second-order valence-electron chi connectivity index (χ2n) is 8.10. The number of aryl methyl sites for hydroxylation is 3. The second-order valence-corrected chi connectivity index (χ2v) is 8.10. The molecular weight excluding hydrogens is 366 g/mol. The van der Waals surface area contributed by atoms with E-state index in [1.807, 2.05) is 34.5 Å². The number of fused-ring (bicyclic) bond motifs is 1. The molecule has 1 saturated heterocycles. The molecule has 4 heterocycles. The summed E-state index contributed by atoms with van der Waals surface area (Å²) < 4.78 is 1.93. The highest BCUT2D eigenvalue weighted by molar-refractivity contribution is 5.94. The molecule has 2 aromatic rings. The minimum atomic E-state index is 0.0281. The lowest BCUT2D eigenvalue weighted by molar-refractivity contribution is -0.132. The first kappa shape index (κ1) is 19.6. The van der Waals surface area contributed by atoms with Gasteiger partial charge in [0.05, 0.1) is 5.69 Å². The van der Waals surface area contributed by atoms with Gasteiger partial charge in [0, 0.05) is 81.2 Å². The molecule has 1 fully saturated rings. The molecule has 0 aliphatic carbocycles. The molecule has 0 N–H and O–H groups in total. The summed E-state index contributed by atoms with van der Waals surface area (Å²) in [6.07, 6.45) is 7.02. The van der Waals surface area contributed by atoms with Gasteiger partial charge in [-0.05, 0) is 38.3 Å². The molecular formula is C22H29N5O2. The molecule has 0 radical (unpaired) electrons. The van der Waals surface area contributed by atoms with Crippen LogP contribution >= 0.6 is 0 Å². The van der Waals surface area contributed by atoms with Crippen LogP contribution in [0.15, 0.2) is 18.3 Å². The summed E-state index contributed by atoms with van der Waals surface area (Å²) in [5.41, 5.74) is 4.76. The van der Waals surface area contributed by atoms with Crippen LogP contribution in [0.2, 0.25) is 0 Å². The largest absolute Gasteiger partial charge is 0.343 e. The molecule has 2 aliphatic rings. The molecule has 0 bridgehead atoms. The summed E-state index contributed by atoms with van der Waals surface area (Å²) in [5.74, 6) is 0.250. The van der Waals surface area contributed by atoms with Crippen molar-refractivity contribution in [1.29, 1.82) is 0 Å². The number of amides is 2. The summed E-state index contributed by atoms with van der Waals surface area (Å²) in [6, 6.07) is 3.60. The van der Waals surface area contributed by atoms with Crippen LogP contribution in [-0.2, 0) is 31.2 Å². The molecule has 0 spiro atoms. The van der Waals surface area contributed by atoms with Gasteiger partial charge in [-0.25, -0.2) is 0 Å². The van der Waals surface area contributed by atoms with Crippen LogP contribution in [0, 0.1) is 6.92 Å². The Hall–Kier alpha value is -2.70. The third-order valence-electron chi connectivity index (χ3n) is 6.04. The van der Waals surface area contributed by atoms with Crippen molar-refractivity contribution in [2.45, 2.75) is 52.0 Å².